The lowest BCUT2D eigenvalue weighted by atomic mass is 10.2. The molecule has 0 bridgehead atoms. The van der Waals surface area contributed by atoms with Crippen LogP contribution in [0, 0.1) is 10.1 Å². The first-order valence-corrected chi connectivity index (χ1v) is 5.20. The SMILES string of the molecule is C[C@@H](O)CNC(=O)c1ccc(Cl)c([N+](=O)[O-])c1. The normalized spacial score (nSPS) is 11.9. The molecule has 17 heavy (non-hydrogen) atoms. The summed E-state index contributed by atoms with van der Waals surface area (Å²) in [5.74, 6) is -0.495. The Balaban J connectivity index is 2.88. The van der Waals surface area contributed by atoms with Crippen molar-refractivity contribution in [2.45, 2.75) is 13.0 Å². The fraction of sp³-hybridized carbons (Fsp3) is 0.300. The first-order chi connectivity index (χ1) is 7.91. The van der Waals surface area contributed by atoms with Crippen LogP contribution in [0.15, 0.2) is 18.2 Å². The number of carbonyl (C=O) groups is 1. The minimum Gasteiger partial charge on any atom is -0.392 e. The first kappa shape index (κ1) is 13.4. The summed E-state index contributed by atoms with van der Waals surface area (Å²) in [7, 11) is 0. The third-order valence-corrected chi connectivity index (χ3v) is 2.28. The van der Waals surface area contributed by atoms with Crippen molar-refractivity contribution in [3.63, 3.8) is 0 Å². The van der Waals surface area contributed by atoms with Crippen molar-refractivity contribution in [3.05, 3.63) is 38.9 Å². The fourth-order valence-electron chi connectivity index (χ4n) is 1.14. The van der Waals surface area contributed by atoms with Gasteiger partial charge in [0.25, 0.3) is 11.6 Å². The molecule has 1 rings (SSSR count). The van der Waals surface area contributed by atoms with Gasteiger partial charge in [0.1, 0.15) is 5.02 Å². The van der Waals surface area contributed by atoms with Gasteiger partial charge in [-0.15, -0.1) is 0 Å². The van der Waals surface area contributed by atoms with E-state index in [4.69, 9.17) is 16.7 Å². The Bertz CT molecular complexity index is 448. The number of rotatable bonds is 4. The van der Waals surface area contributed by atoms with Crippen LogP contribution in [-0.2, 0) is 0 Å². The number of benzene rings is 1. The van der Waals surface area contributed by atoms with Gasteiger partial charge in [0.15, 0.2) is 0 Å². The number of hydrogen-bond acceptors (Lipinski definition) is 4. The third-order valence-electron chi connectivity index (χ3n) is 1.96. The van der Waals surface area contributed by atoms with Crippen molar-refractivity contribution >= 4 is 23.2 Å². The van der Waals surface area contributed by atoms with Crippen molar-refractivity contribution in [2.75, 3.05) is 6.54 Å². The highest BCUT2D eigenvalue weighted by Crippen LogP contribution is 2.24. The van der Waals surface area contributed by atoms with E-state index in [1.165, 1.54) is 19.1 Å². The average Bonchev–Trinajstić information content (AvgIpc) is 2.26. The van der Waals surface area contributed by atoms with Gasteiger partial charge >= 0.3 is 0 Å². The lowest BCUT2D eigenvalue weighted by molar-refractivity contribution is -0.384. The predicted octanol–water partition coefficient (Wildman–Crippen LogP) is 1.36. The van der Waals surface area contributed by atoms with E-state index < -0.39 is 16.9 Å². The standard InChI is InChI=1S/C10H11ClN2O4/c1-6(14)5-12-10(15)7-2-3-8(11)9(4-7)13(16)17/h2-4,6,14H,5H2,1H3,(H,12,15)/t6-/m1/s1. The molecule has 0 saturated carbocycles. The van der Waals surface area contributed by atoms with E-state index in [2.05, 4.69) is 5.32 Å². The van der Waals surface area contributed by atoms with Gasteiger partial charge in [0.2, 0.25) is 0 Å². The maximum absolute atomic E-state index is 11.5. The molecule has 1 aromatic rings. The zero-order valence-electron chi connectivity index (χ0n) is 9.01. The number of nitro groups is 1. The van der Waals surface area contributed by atoms with Gasteiger partial charge in [-0.05, 0) is 19.1 Å². The molecule has 0 fully saturated rings. The molecule has 1 amide bonds. The number of halogens is 1. The minimum atomic E-state index is -0.679. The molecule has 0 spiro atoms. The molecular formula is C10H11ClN2O4. The van der Waals surface area contributed by atoms with E-state index >= 15 is 0 Å². The van der Waals surface area contributed by atoms with Gasteiger partial charge in [-0.3, -0.25) is 14.9 Å². The van der Waals surface area contributed by atoms with E-state index in [1.807, 2.05) is 0 Å². The van der Waals surface area contributed by atoms with Crippen molar-refractivity contribution < 1.29 is 14.8 Å². The first-order valence-electron chi connectivity index (χ1n) is 4.82. The van der Waals surface area contributed by atoms with Crippen LogP contribution in [-0.4, -0.2) is 28.6 Å². The van der Waals surface area contributed by atoms with Crippen LogP contribution in [0.2, 0.25) is 5.02 Å². The molecular weight excluding hydrogens is 248 g/mol. The number of aliphatic hydroxyl groups is 1. The number of nitrogens with one attached hydrogen (secondary N) is 1. The van der Waals surface area contributed by atoms with Crippen LogP contribution >= 0.6 is 11.6 Å². The highest BCUT2D eigenvalue weighted by atomic mass is 35.5. The third kappa shape index (κ3) is 3.69. The highest BCUT2D eigenvalue weighted by Gasteiger charge is 2.16. The zero-order chi connectivity index (χ0) is 13.0. The maximum Gasteiger partial charge on any atom is 0.288 e. The highest BCUT2D eigenvalue weighted by molar-refractivity contribution is 6.32. The number of aliphatic hydroxyl groups excluding tert-OH is 1. The van der Waals surface area contributed by atoms with E-state index in [0.29, 0.717) is 0 Å². The molecule has 7 heteroatoms. The van der Waals surface area contributed by atoms with Crippen LogP contribution in [0.3, 0.4) is 0 Å². The second kappa shape index (κ2) is 5.60. The Morgan fingerprint density at radius 3 is 2.82 bits per heavy atom. The van der Waals surface area contributed by atoms with Crippen LogP contribution in [0.4, 0.5) is 5.69 Å². The molecule has 0 aliphatic heterocycles. The molecule has 0 radical (unpaired) electrons. The monoisotopic (exact) mass is 258 g/mol. The van der Waals surface area contributed by atoms with Crippen LogP contribution in [0.5, 0.6) is 0 Å². The number of carbonyl (C=O) groups excluding carboxylic acids is 1. The van der Waals surface area contributed by atoms with Crippen molar-refractivity contribution in [3.8, 4) is 0 Å². The summed E-state index contributed by atoms with van der Waals surface area (Å²) in [6.45, 7) is 1.60. The second-order valence-corrected chi connectivity index (χ2v) is 3.89. The van der Waals surface area contributed by atoms with E-state index in [-0.39, 0.29) is 22.8 Å². The molecule has 0 heterocycles. The lowest BCUT2D eigenvalue weighted by Gasteiger charge is -2.07. The number of nitrogens with zero attached hydrogens (tertiary/aromatic N) is 1. The van der Waals surface area contributed by atoms with Gasteiger partial charge in [-0.2, -0.15) is 0 Å². The molecule has 6 nitrogen and oxygen atoms in total. The van der Waals surface area contributed by atoms with E-state index in [9.17, 15) is 14.9 Å². The molecule has 2 N–H and O–H groups in total. The Morgan fingerprint density at radius 2 is 2.29 bits per heavy atom. The Morgan fingerprint density at radius 1 is 1.65 bits per heavy atom. The number of hydrogen-bond donors (Lipinski definition) is 2. The van der Waals surface area contributed by atoms with Gasteiger partial charge < -0.3 is 10.4 Å². The molecule has 0 unspecified atom stereocenters. The van der Waals surface area contributed by atoms with Crippen LogP contribution in [0.25, 0.3) is 0 Å². The molecule has 1 aromatic carbocycles. The summed E-state index contributed by atoms with van der Waals surface area (Å²) in [5.41, 5.74) is -0.196. The summed E-state index contributed by atoms with van der Waals surface area (Å²) in [5, 5.41) is 22.0. The molecule has 92 valence electrons. The van der Waals surface area contributed by atoms with Gasteiger partial charge in [0, 0.05) is 18.2 Å². The van der Waals surface area contributed by atoms with E-state index in [0.717, 1.165) is 6.07 Å². The van der Waals surface area contributed by atoms with Crippen LogP contribution in [0.1, 0.15) is 17.3 Å². The topological polar surface area (TPSA) is 92.5 Å². The summed E-state index contributed by atoms with van der Waals surface area (Å²) >= 11 is 5.61. The minimum absolute atomic E-state index is 0.0259. The summed E-state index contributed by atoms with van der Waals surface area (Å²) in [6, 6.07) is 3.77. The molecule has 0 aromatic heterocycles. The Labute approximate surface area is 102 Å². The molecule has 0 aliphatic carbocycles. The summed E-state index contributed by atoms with van der Waals surface area (Å²) < 4.78 is 0. The summed E-state index contributed by atoms with van der Waals surface area (Å²) in [6.07, 6.45) is -0.679. The number of nitro benzene ring substituents is 1. The van der Waals surface area contributed by atoms with E-state index in [1.54, 1.807) is 0 Å². The maximum atomic E-state index is 11.5. The average molecular weight is 259 g/mol. The largest absolute Gasteiger partial charge is 0.392 e. The van der Waals surface area contributed by atoms with Crippen molar-refractivity contribution in [1.82, 2.24) is 5.32 Å². The predicted molar refractivity (Wildman–Crippen MR) is 62.1 cm³/mol. The molecule has 0 aliphatic rings. The Kier molecular flexibility index (Phi) is 4.42. The second-order valence-electron chi connectivity index (χ2n) is 3.48. The van der Waals surface area contributed by atoms with Crippen LogP contribution < -0.4 is 5.32 Å². The van der Waals surface area contributed by atoms with Gasteiger partial charge in [-0.25, -0.2) is 0 Å². The fourth-order valence-corrected chi connectivity index (χ4v) is 1.32. The lowest BCUT2D eigenvalue weighted by Crippen LogP contribution is -2.30. The molecule has 0 saturated heterocycles. The van der Waals surface area contributed by atoms with Gasteiger partial charge in [0.05, 0.1) is 11.0 Å². The van der Waals surface area contributed by atoms with Gasteiger partial charge in [-0.1, -0.05) is 11.6 Å². The number of amides is 1. The smallest absolute Gasteiger partial charge is 0.288 e. The summed E-state index contributed by atoms with van der Waals surface area (Å²) in [4.78, 5) is 21.5. The molecule has 1 atom stereocenters. The zero-order valence-corrected chi connectivity index (χ0v) is 9.77. The van der Waals surface area contributed by atoms with Crippen molar-refractivity contribution in [1.29, 1.82) is 0 Å². The van der Waals surface area contributed by atoms with Crippen molar-refractivity contribution in [2.24, 2.45) is 0 Å². The quantitative estimate of drug-likeness (QED) is 0.630. The Hall–Kier alpha value is -1.66.